The van der Waals surface area contributed by atoms with E-state index < -0.39 is 6.10 Å². The molecule has 4 nitrogen and oxygen atoms in total. The van der Waals surface area contributed by atoms with Crippen LogP contribution in [-0.4, -0.2) is 46.8 Å². The fourth-order valence-corrected chi connectivity index (χ4v) is 3.03. The van der Waals surface area contributed by atoms with E-state index in [1.165, 1.54) is 16.5 Å². The molecule has 2 atom stereocenters. The van der Waals surface area contributed by atoms with E-state index in [1.807, 2.05) is 6.20 Å². The lowest BCUT2D eigenvalue weighted by atomic mass is 10.0. The molecule has 1 saturated heterocycles. The highest BCUT2D eigenvalue weighted by atomic mass is 16.3. The van der Waals surface area contributed by atoms with E-state index in [0.717, 1.165) is 31.4 Å². The Morgan fingerprint density at radius 3 is 3.05 bits per heavy atom. The SMILES string of the molecule is Cc1ccc2nccc(CCN3CC[C@H](N)[C@H](O)C3)c2c1. The number of hydrogen-bond acceptors (Lipinski definition) is 4. The Morgan fingerprint density at radius 2 is 2.24 bits per heavy atom. The number of likely N-dealkylation sites (tertiary alicyclic amines) is 1. The maximum Gasteiger partial charge on any atom is 0.0818 e. The molecule has 0 saturated carbocycles. The summed E-state index contributed by atoms with van der Waals surface area (Å²) in [5.41, 5.74) is 9.50. The van der Waals surface area contributed by atoms with E-state index in [0.29, 0.717) is 6.54 Å². The summed E-state index contributed by atoms with van der Waals surface area (Å²) in [6.07, 6.45) is 3.34. The van der Waals surface area contributed by atoms with Crippen LogP contribution in [0, 0.1) is 6.92 Å². The number of β-amino-alcohol motifs (C(OH)–C–C–N with tert-alkyl or cyclic N) is 1. The third-order valence-corrected chi connectivity index (χ3v) is 4.40. The molecule has 4 heteroatoms. The summed E-state index contributed by atoms with van der Waals surface area (Å²) in [5.74, 6) is 0. The molecular weight excluding hydrogens is 262 g/mol. The van der Waals surface area contributed by atoms with Crippen LogP contribution >= 0.6 is 0 Å². The first-order valence-electron chi connectivity index (χ1n) is 7.64. The number of pyridine rings is 1. The van der Waals surface area contributed by atoms with E-state index in [4.69, 9.17) is 5.73 Å². The lowest BCUT2D eigenvalue weighted by Gasteiger charge is -2.34. The number of nitrogens with two attached hydrogens (primary N) is 1. The smallest absolute Gasteiger partial charge is 0.0818 e. The number of piperidine rings is 1. The molecule has 3 N–H and O–H groups in total. The van der Waals surface area contributed by atoms with Crippen LogP contribution in [0.1, 0.15) is 17.5 Å². The minimum Gasteiger partial charge on any atom is -0.390 e. The van der Waals surface area contributed by atoms with Gasteiger partial charge >= 0.3 is 0 Å². The zero-order valence-electron chi connectivity index (χ0n) is 12.5. The van der Waals surface area contributed by atoms with Crippen molar-refractivity contribution in [3.8, 4) is 0 Å². The third kappa shape index (κ3) is 3.23. The van der Waals surface area contributed by atoms with Gasteiger partial charge in [-0.25, -0.2) is 0 Å². The topological polar surface area (TPSA) is 62.4 Å². The molecule has 0 unspecified atom stereocenters. The predicted octanol–water partition coefficient (Wildman–Crippen LogP) is 1.48. The first-order valence-corrected chi connectivity index (χ1v) is 7.64. The van der Waals surface area contributed by atoms with Gasteiger partial charge in [0.05, 0.1) is 11.6 Å². The number of nitrogens with zero attached hydrogens (tertiary/aromatic N) is 2. The molecule has 1 aliphatic rings. The van der Waals surface area contributed by atoms with Crippen molar-refractivity contribution in [1.29, 1.82) is 0 Å². The highest BCUT2D eigenvalue weighted by Crippen LogP contribution is 2.19. The Kier molecular flexibility index (Phi) is 4.19. The second-order valence-corrected chi connectivity index (χ2v) is 6.06. The van der Waals surface area contributed by atoms with E-state index >= 15 is 0 Å². The number of aliphatic hydroxyl groups is 1. The van der Waals surface area contributed by atoms with Crippen molar-refractivity contribution < 1.29 is 5.11 Å². The standard InChI is InChI=1S/C17H23N3O/c1-12-2-3-16-14(10-12)13(4-7-19-16)5-8-20-9-6-15(18)17(21)11-20/h2-4,7,10,15,17,21H,5-6,8-9,11,18H2,1H3/t15-,17+/m0/s1. The fraction of sp³-hybridized carbons (Fsp3) is 0.471. The van der Waals surface area contributed by atoms with Crippen molar-refractivity contribution in [3.05, 3.63) is 41.6 Å². The molecule has 3 rings (SSSR count). The normalized spacial score (nSPS) is 23.6. The predicted molar refractivity (Wildman–Crippen MR) is 85.2 cm³/mol. The second kappa shape index (κ2) is 6.10. The van der Waals surface area contributed by atoms with Crippen LogP contribution < -0.4 is 5.73 Å². The van der Waals surface area contributed by atoms with Crippen LogP contribution in [0.3, 0.4) is 0 Å². The van der Waals surface area contributed by atoms with Gasteiger partial charge in [-0.3, -0.25) is 4.98 Å². The fourth-order valence-electron chi connectivity index (χ4n) is 3.03. The molecule has 0 bridgehead atoms. The van der Waals surface area contributed by atoms with E-state index in [-0.39, 0.29) is 6.04 Å². The molecule has 112 valence electrons. The zero-order chi connectivity index (χ0) is 14.8. The van der Waals surface area contributed by atoms with Gasteiger partial charge in [0.15, 0.2) is 0 Å². The number of aromatic nitrogens is 1. The summed E-state index contributed by atoms with van der Waals surface area (Å²) in [5, 5.41) is 11.1. The number of rotatable bonds is 3. The largest absolute Gasteiger partial charge is 0.390 e. The van der Waals surface area contributed by atoms with Crippen LogP contribution in [-0.2, 0) is 6.42 Å². The zero-order valence-corrected chi connectivity index (χ0v) is 12.5. The number of hydrogen-bond donors (Lipinski definition) is 2. The molecule has 1 aromatic heterocycles. The van der Waals surface area contributed by atoms with Crippen molar-refractivity contribution in [2.75, 3.05) is 19.6 Å². The van der Waals surface area contributed by atoms with Crippen LogP contribution in [0.4, 0.5) is 0 Å². The van der Waals surface area contributed by atoms with Crippen molar-refractivity contribution >= 4 is 10.9 Å². The van der Waals surface area contributed by atoms with E-state index in [9.17, 15) is 5.11 Å². The lowest BCUT2D eigenvalue weighted by Crippen LogP contribution is -2.50. The van der Waals surface area contributed by atoms with Crippen LogP contribution in [0.5, 0.6) is 0 Å². The molecule has 2 heterocycles. The Bertz CT molecular complexity index is 628. The van der Waals surface area contributed by atoms with Gasteiger partial charge in [0.25, 0.3) is 0 Å². The van der Waals surface area contributed by atoms with Gasteiger partial charge in [-0.05, 0) is 50.1 Å². The second-order valence-electron chi connectivity index (χ2n) is 6.06. The van der Waals surface area contributed by atoms with Crippen molar-refractivity contribution in [1.82, 2.24) is 9.88 Å². The van der Waals surface area contributed by atoms with Crippen LogP contribution in [0.2, 0.25) is 0 Å². The van der Waals surface area contributed by atoms with Gasteiger partial charge in [-0.2, -0.15) is 0 Å². The number of aliphatic hydroxyl groups excluding tert-OH is 1. The third-order valence-electron chi connectivity index (χ3n) is 4.40. The molecule has 21 heavy (non-hydrogen) atoms. The summed E-state index contributed by atoms with van der Waals surface area (Å²) in [4.78, 5) is 6.73. The highest BCUT2D eigenvalue weighted by Gasteiger charge is 2.24. The highest BCUT2D eigenvalue weighted by molar-refractivity contribution is 5.82. The Balaban J connectivity index is 1.72. The molecule has 1 fully saturated rings. The van der Waals surface area contributed by atoms with Crippen LogP contribution in [0.15, 0.2) is 30.5 Å². The van der Waals surface area contributed by atoms with Gasteiger partial charge in [0.2, 0.25) is 0 Å². The molecule has 0 spiro atoms. The van der Waals surface area contributed by atoms with Gasteiger partial charge in [0, 0.05) is 30.7 Å². The number of fused-ring (bicyclic) bond motifs is 1. The molecule has 0 amide bonds. The van der Waals surface area contributed by atoms with Crippen molar-refractivity contribution in [2.24, 2.45) is 5.73 Å². The van der Waals surface area contributed by atoms with Gasteiger partial charge in [-0.1, -0.05) is 11.6 Å². The van der Waals surface area contributed by atoms with Crippen molar-refractivity contribution in [3.63, 3.8) is 0 Å². The number of benzene rings is 1. The van der Waals surface area contributed by atoms with Gasteiger partial charge < -0.3 is 15.7 Å². The average molecular weight is 285 g/mol. The Labute approximate surface area is 125 Å². The summed E-state index contributed by atoms with van der Waals surface area (Å²) in [6, 6.07) is 8.43. The Hall–Kier alpha value is -1.49. The summed E-state index contributed by atoms with van der Waals surface area (Å²) in [6.45, 7) is 4.72. The van der Waals surface area contributed by atoms with Gasteiger partial charge in [-0.15, -0.1) is 0 Å². The quantitative estimate of drug-likeness (QED) is 0.896. The first kappa shape index (κ1) is 14.4. The van der Waals surface area contributed by atoms with Crippen molar-refractivity contribution in [2.45, 2.75) is 31.9 Å². The molecule has 0 radical (unpaired) electrons. The first-order chi connectivity index (χ1) is 10.1. The lowest BCUT2D eigenvalue weighted by molar-refractivity contribution is 0.0542. The summed E-state index contributed by atoms with van der Waals surface area (Å²) < 4.78 is 0. The maximum atomic E-state index is 9.88. The molecule has 0 aliphatic carbocycles. The van der Waals surface area contributed by atoms with E-state index in [1.54, 1.807) is 0 Å². The summed E-state index contributed by atoms with van der Waals surface area (Å²) >= 11 is 0. The molecule has 1 aromatic carbocycles. The van der Waals surface area contributed by atoms with Gasteiger partial charge in [0.1, 0.15) is 0 Å². The molecule has 1 aliphatic heterocycles. The maximum absolute atomic E-state index is 9.88. The van der Waals surface area contributed by atoms with E-state index in [2.05, 4.69) is 41.1 Å². The Morgan fingerprint density at radius 1 is 1.38 bits per heavy atom. The molecule has 2 aromatic rings. The minimum absolute atomic E-state index is 0.0642. The van der Waals surface area contributed by atoms with Crippen LogP contribution in [0.25, 0.3) is 10.9 Å². The summed E-state index contributed by atoms with van der Waals surface area (Å²) in [7, 11) is 0. The number of aryl methyl sites for hydroxylation is 1. The molecular formula is C17H23N3O. The average Bonchev–Trinajstić information content (AvgIpc) is 2.48. The minimum atomic E-state index is -0.393. The monoisotopic (exact) mass is 285 g/mol.